The second kappa shape index (κ2) is 5.95. The molecule has 0 aliphatic carbocycles. The van der Waals surface area contributed by atoms with Crippen LogP contribution in [0.25, 0.3) is 0 Å². The van der Waals surface area contributed by atoms with E-state index >= 15 is 0 Å². The minimum absolute atomic E-state index is 0.166. The lowest BCUT2D eigenvalue weighted by Crippen LogP contribution is -2.11. The van der Waals surface area contributed by atoms with Crippen LogP contribution in [-0.2, 0) is 0 Å². The van der Waals surface area contributed by atoms with Gasteiger partial charge in [0.25, 0.3) is 5.91 Å². The van der Waals surface area contributed by atoms with Gasteiger partial charge in [0.1, 0.15) is 0 Å². The van der Waals surface area contributed by atoms with Gasteiger partial charge in [-0.2, -0.15) is 0 Å². The van der Waals surface area contributed by atoms with Gasteiger partial charge in [0.15, 0.2) is 0 Å². The Morgan fingerprint density at radius 3 is 2.47 bits per heavy atom. The molecule has 0 atom stereocenters. The van der Waals surface area contributed by atoms with E-state index in [4.69, 9.17) is 5.73 Å². The van der Waals surface area contributed by atoms with E-state index in [2.05, 4.69) is 53.1 Å². The molecule has 0 saturated carbocycles. The van der Waals surface area contributed by atoms with Crippen LogP contribution in [0, 0.1) is 6.92 Å². The Balaban J connectivity index is 2.26. The SMILES string of the molecule is Cc1cc(Br)c(NC(=O)c2cc(Br)c(Br)s2)cc1N. The molecule has 2 aromatic rings. The van der Waals surface area contributed by atoms with Gasteiger partial charge in [-0.1, -0.05) is 0 Å². The number of halogens is 3. The lowest BCUT2D eigenvalue weighted by molar-refractivity contribution is 0.103. The fourth-order valence-electron chi connectivity index (χ4n) is 1.43. The Morgan fingerprint density at radius 2 is 1.89 bits per heavy atom. The molecule has 1 aromatic carbocycles. The number of aryl methyl sites for hydroxylation is 1. The summed E-state index contributed by atoms with van der Waals surface area (Å²) in [5, 5.41) is 2.84. The van der Waals surface area contributed by atoms with Gasteiger partial charge in [0.05, 0.1) is 14.4 Å². The summed E-state index contributed by atoms with van der Waals surface area (Å²) in [6.45, 7) is 1.92. The number of carbonyl (C=O) groups excluding carboxylic acids is 1. The molecule has 7 heteroatoms. The monoisotopic (exact) mass is 466 g/mol. The van der Waals surface area contributed by atoms with Crippen LogP contribution in [0.4, 0.5) is 11.4 Å². The fraction of sp³-hybridized carbons (Fsp3) is 0.0833. The van der Waals surface area contributed by atoms with Gasteiger partial charge >= 0.3 is 0 Å². The summed E-state index contributed by atoms with van der Waals surface area (Å²) in [5.74, 6) is -0.166. The van der Waals surface area contributed by atoms with E-state index in [-0.39, 0.29) is 5.91 Å². The van der Waals surface area contributed by atoms with Crippen molar-refractivity contribution in [3.8, 4) is 0 Å². The molecule has 3 nitrogen and oxygen atoms in total. The minimum Gasteiger partial charge on any atom is -0.398 e. The third kappa shape index (κ3) is 3.39. The first kappa shape index (κ1) is 15.0. The first-order valence-corrected chi connectivity index (χ1v) is 8.40. The molecule has 2 rings (SSSR count). The van der Waals surface area contributed by atoms with Crippen molar-refractivity contribution in [2.75, 3.05) is 11.1 Å². The Hall–Kier alpha value is -0.370. The third-order valence-corrected chi connectivity index (χ3v) is 6.38. The normalized spacial score (nSPS) is 10.5. The first-order chi connectivity index (χ1) is 8.88. The number of nitrogens with two attached hydrogens (primary N) is 1. The quantitative estimate of drug-likeness (QED) is 0.597. The lowest BCUT2D eigenvalue weighted by Gasteiger charge is -2.09. The number of amides is 1. The summed E-state index contributed by atoms with van der Waals surface area (Å²) in [5.41, 5.74) is 8.12. The van der Waals surface area contributed by atoms with Crippen molar-refractivity contribution >= 4 is 76.4 Å². The molecular formula is C12H9Br3N2OS. The van der Waals surface area contributed by atoms with Gasteiger partial charge in [0.2, 0.25) is 0 Å². The van der Waals surface area contributed by atoms with Crippen molar-refractivity contribution in [1.29, 1.82) is 0 Å². The van der Waals surface area contributed by atoms with Crippen LogP contribution in [0.3, 0.4) is 0 Å². The third-order valence-electron chi connectivity index (χ3n) is 2.47. The number of nitrogens with one attached hydrogen (secondary N) is 1. The summed E-state index contributed by atoms with van der Waals surface area (Å²) in [4.78, 5) is 12.7. The van der Waals surface area contributed by atoms with Crippen LogP contribution in [0.15, 0.2) is 30.9 Å². The summed E-state index contributed by atoms with van der Waals surface area (Å²) in [6, 6.07) is 5.40. The average Bonchev–Trinajstić information content (AvgIpc) is 2.67. The van der Waals surface area contributed by atoms with Crippen molar-refractivity contribution in [2.45, 2.75) is 6.92 Å². The van der Waals surface area contributed by atoms with E-state index in [1.54, 1.807) is 12.1 Å². The van der Waals surface area contributed by atoms with E-state index < -0.39 is 0 Å². The highest BCUT2D eigenvalue weighted by molar-refractivity contribution is 9.13. The smallest absolute Gasteiger partial charge is 0.265 e. The number of thiophene rings is 1. The molecule has 19 heavy (non-hydrogen) atoms. The van der Waals surface area contributed by atoms with Gasteiger partial charge in [-0.25, -0.2) is 0 Å². The van der Waals surface area contributed by atoms with Crippen molar-refractivity contribution < 1.29 is 4.79 Å². The van der Waals surface area contributed by atoms with Gasteiger partial charge in [0, 0.05) is 14.6 Å². The highest BCUT2D eigenvalue weighted by Crippen LogP contribution is 2.33. The highest BCUT2D eigenvalue weighted by atomic mass is 79.9. The van der Waals surface area contributed by atoms with Gasteiger partial charge in [-0.05, 0) is 78.5 Å². The molecule has 0 aliphatic rings. The number of carbonyl (C=O) groups is 1. The van der Waals surface area contributed by atoms with Crippen LogP contribution in [0.5, 0.6) is 0 Å². The van der Waals surface area contributed by atoms with Crippen molar-refractivity contribution in [2.24, 2.45) is 0 Å². The molecule has 0 aliphatic heterocycles. The van der Waals surface area contributed by atoms with Gasteiger partial charge < -0.3 is 11.1 Å². The maximum absolute atomic E-state index is 12.1. The van der Waals surface area contributed by atoms with Crippen LogP contribution in [0.2, 0.25) is 0 Å². The molecule has 3 N–H and O–H groups in total. The Bertz CT molecular complexity index is 635. The molecule has 0 fully saturated rings. The Labute approximate surface area is 140 Å². The highest BCUT2D eigenvalue weighted by Gasteiger charge is 2.14. The minimum atomic E-state index is -0.166. The maximum Gasteiger partial charge on any atom is 0.265 e. The molecule has 0 saturated heterocycles. The van der Waals surface area contributed by atoms with Crippen LogP contribution >= 0.6 is 59.1 Å². The number of anilines is 2. The van der Waals surface area contributed by atoms with E-state index in [1.165, 1.54) is 11.3 Å². The molecule has 1 aromatic heterocycles. The standard InChI is InChI=1S/C12H9Br3N2OS/c1-5-2-6(13)9(4-8(5)16)17-12(18)10-3-7(14)11(15)19-10/h2-4H,16H2,1H3,(H,17,18). The number of hydrogen-bond acceptors (Lipinski definition) is 3. The second-order valence-corrected chi connectivity index (χ2v) is 7.95. The van der Waals surface area contributed by atoms with Crippen molar-refractivity contribution in [1.82, 2.24) is 0 Å². The van der Waals surface area contributed by atoms with Crippen molar-refractivity contribution in [3.63, 3.8) is 0 Å². The molecule has 100 valence electrons. The van der Waals surface area contributed by atoms with Gasteiger partial charge in [-0.15, -0.1) is 11.3 Å². The maximum atomic E-state index is 12.1. The van der Waals surface area contributed by atoms with E-state index in [0.717, 1.165) is 18.3 Å². The summed E-state index contributed by atoms with van der Waals surface area (Å²) < 4.78 is 2.56. The topological polar surface area (TPSA) is 55.1 Å². The molecule has 0 unspecified atom stereocenters. The number of hydrogen-bond donors (Lipinski definition) is 2. The second-order valence-electron chi connectivity index (χ2n) is 3.88. The van der Waals surface area contributed by atoms with Crippen LogP contribution in [-0.4, -0.2) is 5.91 Å². The zero-order chi connectivity index (χ0) is 14.2. The van der Waals surface area contributed by atoms with Crippen LogP contribution in [0.1, 0.15) is 15.2 Å². The zero-order valence-electron chi connectivity index (χ0n) is 9.76. The molecule has 0 bridgehead atoms. The number of rotatable bonds is 2. The predicted octanol–water partition coefficient (Wildman–Crippen LogP) is 5.18. The van der Waals surface area contributed by atoms with E-state index in [0.29, 0.717) is 16.3 Å². The zero-order valence-corrected chi connectivity index (χ0v) is 15.3. The van der Waals surface area contributed by atoms with Crippen LogP contribution < -0.4 is 11.1 Å². The fourth-order valence-corrected chi connectivity index (χ4v) is 3.92. The summed E-state index contributed by atoms with van der Waals surface area (Å²) in [7, 11) is 0. The number of nitrogen functional groups attached to an aromatic ring is 1. The molecular weight excluding hydrogens is 460 g/mol. The van der Waals surface area contributed by atoms with E-state index in [9.17, 15) is 4.79 Å². The van der Waals surface area contributed by atoms with Crippen molar-refractivity contribution in [3.05, 3.63) is 41.4 Å². The predicted molar refractivity (Wildman–Crippen MR) is 91.0 cm³/mol. The van der Waals surface area contributed by atoms with E-state index in [1.807, 2.05) is 13.0 Å². The molecule has 1 amide bonds. The molecule has 0 radical (unpaired) electrons. The largest absolute Gasteiger partial charge is 0.398 e. The average molecular weight is 469 g/mol. The Morgan fingerprint density at radius 1 is 1.21 bits per heavy atom. The summed E-state index contributed by atoms with van der Waals surface area (Å²) in [6.07, 6.45) is 0. The van der Waals surface area contributed by atoms with Gasteiger partial charge in [-0.3, -0.25) is 4.79 Å². The molecule has 0 spiro atoms. The number of benzene rings is 1. The molecule has 1 heterocycles. The summed E-state index contributed by atoms with van der Waals surface area (Å²) >= 11 is 11.5. The first-order valence-electron chi connectivity index (χ1n) is 5.20. The Kier molecular flexibility index (Phi) is 4.70. The lowest BCUT2D eigenvalue weighted by atomic mass is 10.2.